The predicted octanol–water partition coefficient (Wildman–Crippen LogP) is 4.20. The Hall–Kier alpha value is -3.03. The fourth-order valence-corrected chi connectivity index (χ4v) is 3.83. The number of carbonyl (C=O) groups excluding carboxylic acids is 2. The van der Waals surface area contributed by atoms with Gasteiger partial charge in [0, 0.05) is 11.6 Å². The lowest BCUT2D eigenvalue weighted by Gasteiger charge is -2.26. The van der Waals surface area contributed by atoms with E-state index in [1.807, 2.05) is 13.8 Å². The molecule has 3 rings (SSSR count). The van der Waals surface area contributed by atoms with Gasteiger partial charge in [0.05, 0.1) is 38.5 Å². The molecule has 170 valence electrons. The standard InChI is InChI=1S/C24H26ClNO6/c1-14(2)32-13-12-26-21(15-8-10-16(25)11-9-15)20(23(28)24(26)29)22(27)19-17(30-3)6-5-7-18(19)31-4/h5-11,14,21,27H,12-13H2,1-4H3/b22-20+. The lowest BCUT2D eigenvalue weighted by atomic mass is 9.94. The molecule has 0 aromatic heterocycles. The first-order chi connectivity index (χ1) is 15.3. The molecule has 0 saturated carbocycles. The Morgan fingerprint density at radius 2 is 1.66 bits per heavy atom. The van der Waals surface area contributed by atoms with Gasteiger partial charge in [0.25, 0.3) is 11.7 Å². The summed E-state index contributed by atoms with van der Waals surface area (Å²) in [5, 5.41) is 11.8. The van der Waals surface area contributed by atoms with Gasteiger partial charge in [-0.15, -0.1) is 0 Å². The summed E-state index contributed by atoms with van der Waals surface area (Å²) in [5.74, 6) is -1.25. The normalized spacial score (nSPS) is 17.8. The van der Waals surface area contributed by atoms with Crippen molar-refractivity contribution in [1.29, 1.82) is 0 Å². The molecule has 8 heteroatoms. The van der Waals surface area contributed by atoms with Crippen molar-refractivity contribution in [3.8, 4) is 11.5 Å². The SMILES string of the molecule is COc1cccc(OC)c1/C(O)=C1\C(=O)C(=O)N(CCOC(C)C)C1c1ccc(Cl)cc1. The van der Waals surface area contributed by atoms with Crippen molar-refractivity contribution in [3.05, 3.63) is 64.2 Å². The molecule has 1 fully saturated rings. The second-order valence-corrected chi connectivity index (χ2v) is 7.94. The van der Waals surface area contributed by atoms with Crippen LogP contribution in [-0.2, 0) is 14.3 Å². The quantitative estimate of drug-likeness (QED) is 0.361. The number of halogens is 1. The average Bonchev–Trinajstić information content (AvgIpc) is 3.03. The fraction of sp³-hybridized carbons (Fsp3) is 0.333. The lowest BCUT2D eigenvalue weighted by Crippen LogP contribution is -2.33. The van der Waals surface area contributed by atoms with Crippen LogP contribution in [0.3, 0.4) is 0 Å². The molecule has 32 heavy (non-hydrogen) atoms. The van der Waals surface area contributed by atoms with E-state index < -0.39 is 17.7 Å². The van der Waals surface area contributed by atoms with Crippen molar-refractivity contribution in [2.24, 2.45) is 0 Å². The maximum Gasteiger partial charge on any atom is 0.295 e. The van der Waals surface area contributed by atoms with E-state index in [0.29, 0.717) is 22.1 Å². The minimum absolute atomic E-state index is 0.0290. The number of hydrogen-bond acceptors (Lipinski definition) is 6. The number of likely N-dealkylation sites (tertiary alicyclic amines) is 1. The van der Waals surface area contributed by atoms with Crippen molar-refractivity contribution in [2.45, 2.75) is 26.0 Å². The molecule has 1 aliphatic rings. The molecule has 1 amide bonds. The van der Waals surface area contributed by atoms with Gasteiger partial charge >= 0.3 is 0 Å². The molecule has 2 aromatic rings. The summed E-state index contributed by atoms with van der Waals surface area (Å²) in [6.45, 7) is 4.19. The number of nitrogens with zero attached hydrogens (tertiary/aromatic N) is 1. The number of Topliss-reactive ketones (excluding diaryl/α,β-unsaturated/α-hetero) is 1. The summed E-state index contributed by atoms with van der Waals surface area (Å²) in [7, 11) is 2.90. The molecule has 1 heterocycles. The van der Waals surface area contributed by atoms with Gasteiger partial charge in [-0.2, -0.15) is 0 Å². The first kappa shape index (κ1) is 23.6. The Labute approximate surface area is 192 Å². The molecule has 0 radical (unpaired) electrons. The second kappa shape index (κ2) is 10.1. The number of amides is 1. The summed E-state index contributed by atoms with van der Waals surface area (Å²) in [6, 6.07) is 11.0. The number of ketones is 1. The number of aliphatic hydroxyl groups is 1. The highest BCUT2D eigenvalue weighted by Crippen LogP contribution is 2.43. The topological polar surface area (TPSA) is 85.3 Å². The number of aliphatic hydroxyl groups excluding tert-OH is 1. The van der Waals surface area contributed by atoms with Crippen LogP contribution < -0.4 is 9.47 Å². The molecule has 1 saturated heterocycles. The third-order valence-electron chi connectivity index (χ3n) is 5.17. The fourth-order valence-electron chi connectivity index (χ4n) is 3.71. The first-order valence-corrected chi connectivity index (χ1v) is 10.5. The Kier molecular flexibility index (Phi) is 7.43. The Balaban J connectivity index is 2.19. The number of rotatable bonds is 8. The van der Waals surface area contributed by atoms with Gasteiger partial charge in [0.15, 0.2) is 0 Å². The van der Waals surface area contributed by atoms with Crippen LogP contribution in [0, 0.1) is 0 Å². The maximum absolute atomic E-state index is 13.1. The molecule has 0 bridgehead atoms. The molecule has 0 aliphatic carbocycles. The van der Waals surface area contributed by atoms with Gasteiger partial charge in [-0.05, 0) is 43.7 Å². The summed E-state index contributed by atoms with van der Waals surface area (Å²) in [6.07, 6.45) is -0.0290. The predicted molar refractivity (Wildman–Crippen MR) is 121 cm³/mol. The molecule has 7 nitrogen and oxygen atoms in total. The zero-order valence-corrected chi connectivity index (χ0v) is 19.2. The van der Waals surface area contributed by atoms with Crippen LogP contribution in [0.5, 0.6) is 11.5 Å². The molecule has 1 atom stereocenters. The van der Waals surface area contributed by atoms with E-state index >= 15 is 0 Å². The summed E-state index contributed by atoms with van der Waals surface area (Å²) < 4.78 is 16.4. The van der Waals surface area contributed by atoms with E-state index in [4.69, 9.17) is 25.8 Å². The van der Waals surface area contributed by atoms with Crippen LogP contribution in [0.25, 0.3) is 5.76 Å². The molecule has 2 aromatic carbocycles. The summed E-state index contributed by atoms with van der Waals surface area (Å²) in [5.41, 5.74) is 0.783. The molecule has 0 spiro atoms. The first-order valence-electron chi connectivity index (χ1n) is 10.2. The van der Waals surface area contributed by atoms with E-state index in [-0.39, 0.29) is 36.2 Å². The van der Waals surface area contributed by atoms with Crippen molar-refractivity contribution in [3.63, 3.8) is 0 Å². The van der Waals surface area contributed by atoms with Gasteiger partial charge in [-0.25, -0.2) is 0 Å². The minimum Gasteiger partial charge on any atom is -0.506 e. The van der Waals surface area contributed by atoms with Crippen LogP contribution in [0.15, 0.2) is 48.0 Å². The Bertz CT molecular complexity index is 1010. The van der Waals surface area contributed by atoms with Crippen molar-refractivity contribution in [2.75, 3.05) is 27.4 Å². The molecular weight excluding hydrogens is 434 g/mol. The number of methoxy groups -OCH3 is 2. The second-order valence-electron chi connectivity index (χ2n) is 7.50. The molecule has 1 unspecified atom stereocenters. The smallest absolute Gasteiger partial charge is 0.295 e. The van der Waals surface area contributed by atoms with Crippen molar-refractivity contribution in [1.82, 2.24) is 4.90 Å². The largest absolute Gasteiger partial charge is 0.506 e. The van der Waals surface area contributed by atoms with Gasteiger partial charge < -0.3 is 24.2 Å². The van der Waals surface area contributed by atoms with Crippen LogP contribution in [-0.4, -0.2) is 55.2 Å². The number of benzene rings is 2. The zero-order valence-electron chi connectivity index (χ0n) is 18.4. The average molecular weight is 460 g/mol. The van der Waals surface area contributed by atoms with Gasteiger partial charge in [0.1, 0.15) is 22.8 Å². The third kappa shape index (κ3) is 4.59. The summed E-state index contributed by atoms with van der Waals surface area (Å²) >= 11 is 6.04. The van der Waals surface area contributed by atoms with Crippen molar-refractivity contribution < 1.29 is 28.9 Å². The molecule has 1 aliphatic heterocycles. The van der Waals surface area contributed by atoms with Crippen LogP contribution in [0.1, 0.15) is 31.0 Å². The van der Waals surface area contributed by atoms with E-state index in [1.54, 1.807) is 42.5 Å². The Morgan fingerprint density at radius 3 is 2.19 bits per heavy atom. The third-order valence-corrected chi connectivity index (χ3v) is 5.43. The highest BCUT2D eigenvalue weighted by molar-refractivity contribution is 6.46. The highest BCUT2D eigenvalue weighted by Gasteiger charge is 2.46. The van der Waals surface area contributed by atoms with Gasteiger partial charge in [-0.3, -0.25) is 9.59 Å². The number of carbonyl (C=O) groups is 2. The number of hydrogen-bond donors (Lipinski definition) is 1. The Morgan fingerprint density at radius 1 is 1.06 bits per heavy atom. The maximum atomic E-state index is 13.1. The van der Waals surface area contributed by atoms with E-state index in [1.165, 1.54) is 19.1 Å². The zero-order chi connectivity index (χ0) is 23.4. The minimum atomic E-state index is -0.822. The molecule has 1 N–H and O–H groups in total. The molecular formula is C24H26ClNO6. The van der Waals surface area contributed by atoms with Gasteiger partial charge in [0.2, 0.25) is 0 Å². The highest BCUT2D eigenvalue weighted by atomic mass is 35.5. The monoisotopic (exact) mass is 459 g/mol. The van der Waals surface area contributed by atoms with Gasteiger partial charge in [-0.1, -0.05) is 29.8 Å². The lowest BCUT2D eigenvalue weighted by molar-refractivity contribution is -0.140. The summed E-state index contributed by atoms with van der Waals surface area (Å²) in [4.78, 5) is 27.5. The van der Waals surface area contributed by atoms with Crippen LogP contribution in [0.2, 0.25) is 5.02 Å². The number of ether oxygens (including phenoxy) is 3. The van der Waals surface area contributed by atoms with Crippen LogP contribution in [0.4, 0.5) is 0 Å². The van der Waals surface area contributed by atoms with Crippen molar-refractivity contribution >= 4 is 29.1 Å². The van der Waals surface area contributed by atoms with E-state index in [0.717, 1.165) is 0 Å². The van der Waals surface area contributed by atoms with Crippen LogP contribution >= 0.6 is 11.6 Å². The van der Waals surface area contributed by atoms with E-state index in [2.05, 4.69) is 0 Å². The van der Waals surface area contributed by atoms with E-state index in [9.17, 15) is 14.7 Å².